The van der Waals surface area contributed by atoms with Gasteiger partial charge in [0.05, 0.1) is 19.3 Å². The highest BCUT2D eigenvalue weighted by Crippen LogP contribution is 2.35. The second kappa shape index (κ2) is 21.2. The van der Waals surface area contributed by atoms with Gasteiger partial charge >= 0.3 is 13.8 Å². The van der Waals surface area contributed by atoms with Crippen molar-refractivity contribution in [2.45, 2.75) is 88.1 Å². The van der Waals surface area contributed by atoms with Gasteiger partial charge in [-0.3, -0.25) is 33.5 Å². The van der Waals surface area contributed by atoms with Crippen molar-refractivity contribution in [3.63, 3.8) is 0 Å². The fourth-order valence-electron chi connectivity index (χ4n) is 4.70. The number of rotatable bonds is 22. The Kier molecular flexibility index (Phi) is 18.7. The van der Waals surface area contributed by atoms with Crippen LogP contribution in [0.15, 0.2) is 4.99 Å². The van der Waals surface area contributed by atoms with Gasteiger partial charge in [-0.15, -0.1) is 0 Å². The van der Waals surface area contributed by atoms with Crippen molar-refractivity contribution in [1.82, 2.24) is 26.2 Å². The van der Waals surface area contributed by atoms with Crippen LogP contribution in [-0.2, 0) is 37.9 Å². The van der Waals surface area contributed by atoms with Crippen LogP contribution in [0.4, 0.5) is 0 Å². The van der Waals surface area contributed by atoms with Crippen LogP contribution in [0.25, 0.3) is 0 Å². The molecule has 0 aliphatic carbocycles. The van der Waals surface area contributed by atoms with E-state index in [4.69, 9.17) is 22.9 Å². The van der Waals surface area contributed by atoms with Gasteiger partial charge in [-0.25, -0.2) is 9.36 Å². The Morgan fingerprint density at radius 1 is 0.918 bits per heavy atom. The molecule has 16 N–H and O–H groups in total. The van der Waals surface area contributed by atoms with Crippen LogP contribution in [0.2, 0.25) is 0 Å². The minimum absolute atomic E-state index is 0.0563. The first-order chi connectivity index (χ1) is 22.9. The molecule has 1 aliphatic heterocycles. The highest BCUT2D eigenvalue weighted by Gasteiger charge is 2.37. The number of carbonyl (C=O) groups excluding carboxylic acids is 5. The second-order valence-electron chi connectivity index (χ2n) is 11.3. The Morgan fingerprint density at radius 2 is 1.51 bits per heavy atom. The molecule has 280 valence electrons. The van der Waals surface area contributed by atoms with Crippen molar-refractivity contribution in [3.8, 4) is 0 Å². The third-order valence-electron chi connectivity index (χ3n) is 7.29. The number of amides is 5. The number of carboxylic acids is 1. The molecule has 0 bridgehead atoms. The summed E-state index contributed by atoms with van der Waals surface area (Å²) in [5.74, 6) is -6.03. The van der Waals surface area contributed by atoms with Gasteiger partial charge < -0.3 is 69.1 Å². The number of carbonyl (C=O) groups is 6. The van der Waals surface area contributed by atoms with Crippen LogP contribution in [0.3, 0.4) is 0 Å². The molecular formula is C26H49N10O12P. The standard InChI is InChI=1S/C26H49N10O12P/c1-14(24(42)36-11-5-8-19(36)25(43)44)32-23(41)18(13-48-49(45,46)47)35-21(39)16(7-2-3-9-27)33-22(40)17(12-37)34-20(38)15(28)6-4-10-31-26(29)30/h14-19,37H,2-13,27-28H2,1H3,(H,32,41)(H,33,40)(H,34,38)(H,35,39)(H,43,44)(H4,29,30,31)(H2,45,46,47)/t14-,15-,16-,17-,18-,19-/m0/s1. The lowest BCUT2D eigenvalue weighted by Gasteiger charge is -2.28. The Balaban J connectivity index is 3.06. The number of likely N-dealkylation sites (tertiary alicyclic amines) is 1. The largest absolute Gasteiger partial charge is 0.480 e. The molecule has 1 fully saturated rings. The molecule has 0 radical (unpaired) electrons. The van der Waals surface area contributed by atoms with Crippen molar-refractivity contribution in [3.05, 3.63) is 0 Å². The van der Waals surface area contributed by atoms with Gasteiger partial charge in [0.25, 0.3) is 0 Å². The maximum Gasteiger partial charge on any atom is 0.469 e. The second-order valence-corrected chi connectivity index (χ2v) is 12.5. The van der Waals surface area contributed by atoms with E-state index >= 15 is 0 Å². The summed E-state index contributed by atoms with van der Waals surface area (Å²) in [7, 11) is -5.16. The summed E-state index contributed by atoms with van der Waals surface area (Å²) >= 11 is 0. The molecule has 0 aromatic carbocycles. The van der Waals surface area contributed by atoms with Gasteiger partial charge in [0.15, 0.2) is 5.96 Å². The van der Waals surface area contributed by atoms with Crippen LogP contribution in [0, 0.1) is 0 Å². The van der Waals surface area contributed by atoms with Crippen LogP contribution in [0.1, 0.15) is 51.9 Å². The molecule has 23 heteroatoms. The molecule has 22 nitrogen and oxygen atoms in total. The SMILES string of the molecule is C[C@H](NC(=O)[C@H](COP(=O)(O)O)NC(=O)[C@H](CCCCN)NC(=O)[C@H](CO)NC(=O)[C@@H](N)CCCN=C(N)N)C(=O)N1CCC[C@H]1C(=O)O. The van der Waals surface area contributed by atoms with Crippen molar-refractivity contribution in [2.24, 2.45) is 27.9 Å². The molecule has 1 heterocycles. The average Bonchev–Trinajstić information content (AvgIpc) is 3.52. The zero-order chi connectivity index (χ0) is 37.3. The van der Waals surface area contributed by atoms with Crippen LogP contribution in [-0.4, -0.2) is 135 Å². The molecule has 0 saturated carbocycles. The number of phosphoric ester groups is 1. The maximum atomic E-state index is 13.4. The van der Waals surface area contributed by atoms with Gasteiger partial charge in [-0.1, -0.05) is 0 Å². The number of hydrogen-bond acceptors (Lipinski definition) is 12. The van der Waals surface area contributed by atoms with E-state index in [-0.39, 0.29) is 51.3 Å². The van der Waals surface area contributed by atoms with E-state index in [1.165, 1.54) is 6.92 Å². The molecule has 6 atom stereocenters. The smallest absolute Gasteiger partial charge is 0.469 e. The lowest BCUT2D eigenvalue weighted by molar-refractivity contribution is -0.149. The third kappa shape index (κ3) is 15.9. The van der Waals surface area contributed by atoms with Crippen molar-refractivity contribution >= 4 is 49.3 Å². The first kappa shape index (κ1) is 43.1. The topological polar surface area (TPSA) is 377 Å². The van der Waals surface area contributed by atoms with E-state index < -0.39 is 92.8 Å². The van der Waals surface area contributed by atoms with Crippen LogP contribution in [0.5, 0.6) is 0 Å². The van der Waals surface area contributed by atoms with E-state index in [1.54, 1.807) is 0 Å². The molecule has 5 amide bonds. The van der Waals surface area contributed by atoms with E-state index in [9.17, 15) is 53.3 Å². The maximum absolute atomic E-state index is 13.4. The Labute approximate surface area is 282 Å². The number of nitrogens with two attached hydrogens (primary N) is 4. The average molecular weight is 725 g/mol. The number of hydrogen-bond donors (Lipinski definition) is 12. The number of aliphatic imine (C=N–C) groups is 1. The van der Waals surface area contributed by atoms with E-state index in [0.29, 0.717) is 19.3 Å². The Morgan fingerprint density at radius 3 is 2.08 bits per heavy atom. The van der Waals surface area contributed by atoms with Crippen molar-refractivity contribution in [1.29, 1.82) is 0 Å². The molecule has 0 spiro atoms. The quantitative estimate of drug-likeness (QED) is 0.0214. The summed E-state index contributed by atoms with van der Waals surface area (Å²) in [4.78, 5) is 99.8. The zero-order valence-electron chi connectivity index (χ0n) is 27.2. The summed E-state index contributed by atoms with van der Waals surface area (Å²) in [6, 6.07) is -8.29. The fourth-order valence-corrected chi connectivity index (χ4v) is 5.04. The number of aliphatic hydroxyl groups excluding tert-OH is 1. The molecule has 0 aromatic rings. The molecule has 49 heavy (non-hydrogen) atoms. The van der Waals surface area contributed by atoms with Gasteiger partial charge in [-0.2, -0.15) is 0 Å². The number of phosphoric acid groups is 1. The number of guanidine groups is 1. The predicted octanol–water partition coefficient (Wildman–Crippen LogP) is -5.37. The third-order valence-corrected chi connectivity index (χ3v) is 7.78. The number of aliphatic carboxylic acids is 1. The Bertz CT molecular complexity index is 1230. The number of carboxylic acid groups (broad SMARTS) is 1. The van der Waals surface area contributed by atoms with Crippen LogP contribution < -0.4 is 44.2 Å². The van der Waals surface area contributed by atoms with Gasteiger partial charge in [0.2, 0.25) is 29.5 Å². The van der Waals surface area contributed by atoms with Gasteiger partial charge in [-0.05, 0) is 58.4 Å². The molecule has 1 saturated heterocycles. The van der Waals surface area contributed by atoms with Gasteiger partial charge in [0.1, 0.15) is 30.2 Å². The minimum Gasteiger partial charge on any atom is -0.480 e. The molecular weight excluding hydrogens is 675 g/mol. The number of aliphatic hydroxyl groups is 1. The monoisotopic (exact) mass is 724 g/mol. The zero-order valence-corrected chi connectivity index (χ0v) is 28.0. The predicted molar refractivity (Wildman–Crippen MR) is 172 cm³/mol. The lowest BCUT2D eigenvalue weighted by atomic mass is 10.1. The minimum atomic E-state index is -5.16. The van der Waals surface area contributed by atoms with Crippen LogP contribution >= 0.6 is 7.82 Å². The summed E-state index contributed by atoms with van der Waals surface area (Å²) in [6.07, 6.45) is 1.74. The highest BCUT2D eigenvalue weighted by atomic mass is 31.2. The van der Waals surface area contributed by atoms with Gasteiger partial charge in [0, 0.05) is 13.1 Å². The van der Waals surface area contributed by atoms with E-state index in [2.05, 4.69) is 30.8 Å². The highest BCUT2D eigenvalue weighted by molar-refractivity contribution is 7.46. The van der Waals surface area contributed by atoms with E-state index in [1.807, 2.05) is 0 Å². The molecule has 0 unspecified atom stereocenters. The molecule has 1 rings (SSSR count). The molecule has 0 aromatic heterocycles. The first-order valence-corrected chi connectivity index (χ1v) is 17.0. The number of unbranched alkanes of at least 4 members (excludes halogenated alkanes) is 1. The number of nitrogens with one attached hydrogen (secondary N) is 4. The summed E-state index contributed by atoms with van der Waals surface area (Å²) in [5.41, 5.74) is 21.9. The van der Waals surface area contributed by atoms with Crippen molar-refractivity contribution in [2.75, 3.05) is 32.8 Å². The normalized spacial score (nSPS) is 17.5. The number of nitrogens with zero attached hydrogens (tertiary/aromatic N) is 2. The summed E-state index contributed by atoms with van der Waals surface area (Å²) < 4.78 is 15.8. The lowest BCUT2D eigenvalue weighted by Crippen LogP contribution is -2.60. The molecule has 1 aliphatic rings. The van der Waals surface area contributed by atoms with Crippen molar-refractivity contribution < 1.29 is 57.9 Å². The first-order valence-electron chi connectivity index (χ1n) is 15.5. The fraction of sp³-hybridized carbons (Fsp3) is 0.731. The summed E-state index contributed by atoms with van der Waals surface area (Å²) in [5, 5.41) is 28.4. The van der Waals surface area contributed by atoms with E-state index in [0.717, 1.165) is 4.90 Å². The Hall–Kier alpha value is -3.92. The summed E-state index contributed by atoms with van der Waals surface area (Å²) in [6.45, 7) is -0.140.